The maximum Gasteiger partial charge on any atom is 0.737 e. The minimum absolute atomic E-state index is 0.150. The molecule has 1 aromatic heterocycles. The number of carbonyl (C=O) groups excluding carboxylic acids is 1. The number of hydrogen-bond donors (Lipinski definition) is 1. The molecule has 3 heterocycles. The number of phenolic OH excluding ortho intramolecular Hbond substituents is 1. The lowest BCUT2D eigenvalue weighted by Crippen LogP contribution is -2.52. The lowest BCUT2D eigenvalue weighted by Gasteiger charge is -2.33. The van der Waals surface area contributed by atoms with Gasteiger partial charge in [-0.3, -0.25) is 0 Å². The molecule has 0 atom stereocenters. The summed E-state index contributed by atoms with van der Waals surface area (Å²) in [4.78, 5) is 13.7. The van der Waals surface area contributed by atoms with E-state index in [1.54, 1.807) is 26.0 Å². The van der Waals surface area contributed by atoms with Crippen LogP contribution in [0.15, 0.2) is 29.0 Å². The molecule has 1 N–H and O–H groups in total. The molecule has 0 aliphatic carbocycles. The van der Waals surface area contributed by atoms with Crippen molar-refractivity contribution in [2.45, 2.75) is 107 Å². The van der Waals surface area contributed by atoms with Crippen LogP contribution in [-0.4, -0.2) is 39.3 Å². The predicted octanol–water partition coefficient (Wildman–Crippen LogP) is 7.99. The van der Waals surface area contributed by atoms with Gasteiger partial charge in [-0.1, -0.05) is 55.4 Å². The number of phenols is 1. The Morgan fingerprint density at radius 1 is 0.951 bits per heavy atom. The minimum Gasteiger partial charge on any atom is -0.507 e. The van der Waals surface area contributed by atoms with Crippen LogP contribution < -0.4 is 0 Å². The van der Waals surface area contributed by atoms with Crippen LogP contribution in [0, 0.1) is 13.8 Å². The summed E-state index contributed by atoms with van der Waals surface area (Å²) in [6, 6.07) is 3.38. The molecular formula is C33H45BF2N2O3. The van der Waals surface area contributed by atoms with Crippen molar-refractivity contribution < 1.29 is 27.8 Å². The van der Waals surface area contributed by atoms with Crippen LogP contribution in [0.25, 0.3) is 5.57 Å². The molecule has 0 bridgehead atoms. The van der Waals surface area contributed by atoms with E-state index in [1.807, 2.05) is 69.2 Å². The van der Waals surface area contributed by atoms with Gasteiger partial charge in [-0.25, -0.2) is 4.79 Å². The molecular weight excluding hydrogens is 521 g/mol. The Morgan fingerprint density at radius 2 is 1.49 bits per heavy atom. The lowest BCUT2D eigenvalue weighted by molar-refractivity contribution is -0.364. The summed E-state index contributed by atoms with van der Waals surface area (Å²) < 4.78 is 41.2. The average molecular weight is 567 g/mol. The van der Waals surface area contributed by atoms with Crippen LogP contribution in [0.1, 0.15) is 120 Å². The number of nitrogens with zero attached hydrogens (tertiary/aromatic N) is 2. The molecule has 0 saturated carbocycles. The third-order valence-electron chi connectivity index (χ3n) is 8.90. The van der Waals surface area contributed by atoms with Crippen LogP contribution in [0.5, 0.6) is 5.75 Å². The second-order valence-corrected chi connectivity index (χ2v) is 13.6. The van der Waals surface area contributed by atoms with Gasteiger partial charge in [0.15, 0.2) is 5.70 Å². The Hall–Kier alpha value is -3.16. The molecule has 41 heavy (non-hydrogen) atoms. The first-order valence-electron chi connectivity index (χ1n) is 14.6. The van der Waals surface area contributed by atoms with Crippen molar-refractivity contribution in [2.24, 2.45) is 0 Å². The second kappa shape index (κ2) is 9.99. The van der Waals surface area contributed by atoms with Crippen LogP contribution >= 0.6 is 0 Å². The average Bonchev–Trinajstić information content (AvgIpc) is 3.27. The first-order chi connectivity index (χ1) is 18.8. The number of fused-ring (bicyclic) bond motifs is 2. The molecule has 0 spiro atoms. The van der Waals surface area contributed by atoms with Gasteiger partial charge in [-0.15, -0.1) is 0 Å². The highest BCUT2D eigenvalue weighted by Crippen LogP contribution is 2.45. The van der Waals surface area contributed by atoms with E-state index in [1.165, 1.54) is 8.96 Å². The number of aromatic hydroxyl groups is 1. The van der Waals surface area contributed by atoms with Gasteiger partial charge in [0.05, 0.1) is 11.1 Å². The maximum absolute atomic E-state index is 16.4. The van der Waals surface area contributed by atoms with Gasteiger partial charge in [0.2, 0.25) is 0 Å². The Balaban J connectivity index is 1.89. The summed E-state index contributed by atoms with van der Waals surface area (Å²) in [7, 11) is 0. The first-order valence-corrected chi connectivity index (χ1v) is 14.6. The number of ether oxygens (including phenoxy) is 1. The fourth-order valence-electron chi connectivity index (χ4n) is 6.86. The zero-order chi connectivity index (χ0) is 31.0. The molecule has 222 valence electrons. The number of esters is 1. The molecule has 0 amide bonds. The Bertz CT molecular complexity index is 1520. The highest BCUT2D eigenvalue weighted by Gasteiger charge is 2.56. The summed E-state index contributed by atoms with van der Waals surface area (Å²) in [5.41, 5.74) is 6.80. The van der Waals surface area contributed by atoms with E-state index in [0.717, 1.165) is 22.3 Å². The normalized spacial score (nSPS) is 16.9. The van der Waals surface area contributed by atoms with Crippen molar-refractivity contribution >= 4 is 24.2 Å². The van der Waals surface area contributed by atoms with Crippen LogP contribution in [0.4, 0.5) is 8.63 Å². The smallest absolute Gasteiger partial charge is 0.507 e. The number of benzene rings is 1. The lowest BCUT2D eigenvalue weighted by atomic mass is 9.78. The SMILES string of the molecule is CCC1=C(C)C2=C(COC(=O)c3cc(C(C)(C)C)c(O)c(C(C)(C)C)c3)c3c(C)c(CC)c(C)n3[B-](F)(F)[N+]2=C1C. The molecule has 5 nitrogen and oxygen atoms in total. The molecule has 0 radical (unpaired) electrons. The molecule has 1 aromatic carbocycles. The highest BCUT2D eigenvalue weighted by molar-refractivity contribution is 6.58. The van der Waals surface area contributed by atoms with Crippen molar-refractivity contribution in [3.8, 4) is 5.75 Å². The van der Waals surface area contributed by atoms with E-state index in [4.69, 9.17) is 4.74 Å². The summed E-state index contributed by atoms with van der Waals surface area (Å²) >= 11 is 0. The van der Waals surface area contributed by atoms with Gasteiger partial charge in [0, 0.05) is 34.9 Å². The van der Waals surface area contributed by atoms with Gasteiger partial charge in [0.1, 0.15) is 18.1 Å². The maximum atomic E-state index is 16.4. The molecule has 2 aromatic rings. The van der Waals surface area contributed by atoms with Crippen LogP contribution in [-0.2, 0) is 22.0 Å². The molecule has 0 fully saturated rings. The zero-order valence-corrected chi connectivity index (χ0v) is 26.8. The van der Waals surface area contributed by atoms with E-state index >= 15 is 8.63 Å². The van der Waals surface area contributed by atoms with E-state index in [0.29, 0.717) is 57.9 Å². The van der Waals surface area contributed by atoms with Gasteiger partial charge >= 0.3 is 12.9 Å². The van der Waals surface area contributed by atoms with E-state index in [9.17, 15) is 9.90 Å². The monoisotopic (exact) mass is 566 g/mol. The fourth-order valence-corrected chi connectivity index (χ4v) is 6.86. The van der Waals surface area contributed by atoms with Crippen molar-refractivity contribution in [3.63, 3.8) is 0 Å². The first kappa shape index (κ1) is 30.8. The summed E-state index contributed by atoms with van der Waals surface area (Å²) in [5.74, 6) is -0.373. The van der Waals surface area contributed by atoms with E-state index in [-0.39, 0.29) is 12.4 Å². The highest BCUT2D eigenvalue weighted by atomic mass is 19.2. The Labute approximate surface area is 243 Å². The Kier molecular flexibility index (Phi) is 7.50. The number of allylic oxidation sites excluding steroid dienone is 2. The number of aromatic nitrogens is 1. The molecule has 2 aliphatic heterocycles. The second-order valence-electron chi connectivity index (χ2n) is 13.6. The minimum atomic E-state index is -4.14. The molecule has 4 rings (SSSR count). The topological polar surface area (TPSA) is 54.5 Å². The van der Waals surface area contributed by atoms with Gasteiger partial charge in [-0.2, -0.15) is 0 Å². The summed E-state index contributed by atoms with van der Waals surface area (Å²) in [6.45, 7) is 18.9. The molecule has 0 saturated heterocycles. The van der Waals surface area contributed by atoms with Gasteiger partial charge in [0.25, 0.3) is 0 Å². The van der Waals surface area contributed by atoms with E-state index < -0.39 is 23.8 Å². The molecule has 2 aliphatic rings. The van der Waals surface area contributed by atoms with Crippen LogP contribution in [0.2, 0.25) is 0 Å². The largest absolute Gasteiger partial charge is 0.737 e. The number of rotatable bonds is 5. The van der Waals surface area contributed by atoms with Crippen LogP contribution in [0.3, 0.4) is 0 Å². The van der Waals surface area contributed by atoms with Crippen molar-refractivity contribution in [1.82, 2.24) is 4.48 Å². The quantitative estimate of drug-likeness (QED) is 0.295. The van der Waals surface area contributed by atoms with Crippen molar-refractivity contribution in [1.29, 1.82) is 0 Å². The third kappa shape index (κ3) is 4.67. The standard InChI is InChI=1S/C33H45BF2N2O3/c1-13-23-18(3)28-25(29-19(4)24(14-2)21(6)38(29)34(35,36)37(28)20(23)5)17-41-31(40)22-15-26(32(7,8)9)30(39)27(16-22)33(10,11)12/h15-16,39H,13-14,17H2,1-12H3. The van der Waals surface area contributed by atoms with E-state index in [2.05, 4.69) is 0 Å². The van der Waals surface area contributed by atoms with Gasteiger partial charge in [-0.05, 0) is 73.4 Å². The molecule has 8 heteroatoms. The van der Waals surface area contributed by atoms with Gasteiger partial charge < -0.3 is 27.4 Å². The number of hydrogen-bond acceptors (Lipinski definition) is 3. The van der Waals surface area contributed by atoms with Crippen molar-refractivity contribution in [3.05, 3.63) is 68.2 Å². The zero-order valence-electron chi connectivity index (χ0n) is 26.8. The predicted molar refractivity (Wildman–Crippen MR) is 163 cm³/mol. The summed E-state index contributed by atoms with van der Waals surface area (Å²) in [5, 5.41) is 11.1. The van der Waals surface area contributed by atoms with Crippen molar-refractivity contribution in [2.75, 3.05) is 6.61 Å². The molecule has 0 unspecified atom stereocenters. The number of carbonyl (C=O) groups is 1. The number of halogens is 2. The fraction of sp³-hybridized carbons (Fsp3) is 0.515. The Morgan fingerprint density at radius 3 is 1.95 bits per heavy atom. The third-order valence-corrected chi connectivity index (χ3v) is 8.90. The summed E-state index contributed by atoms with van der Waals surface area (Å²) in [6.07, 6.45) is 1.26.